The topological polar surface area (TPSA) is 66.5 Å². The van der Waals surface area contributed by atoms with Crippen molar-refractivity contribution in [3.8, 4) is 0 Å². The molecule has 0 amide bonds. The van der Waals surface area contributed by atoms with Crippen molar-refractivity contribution in [1.82, 2.24) is 0 Å². The number of hydrogen-bond donors (Lipinski definition) is 3. The van der Waals surface area contributed by atoms with Gasteiger partial charge in [0.2, 0.25) is 0 Å². The van der Waals surface area contributed by atoms with Crippen molar-refractivity contribution >= 4 is 0 Å². The molecule has 4 aliphatic carbocycles. The molecule has 3 nitrogen and oxygen atoms in total. The van der Waals surface area contributed by atoms with Crippen LogP contribution in [0.25, 0.3) is 0 Å². The lowest BCUT2D eigenvalue weighted by Crippen LogP contribution is -2.59. The Bertz CT molecular complexity index is 455. The predicted octanol–water partition coefficient (Wildman–Crippen LogP) is 2.69. The highest BCUT2D eigenvalue weighted by molar-refractivity contribution is 5.11. The number of rotatable bonds is 0. The van der Waals surface area contributed by atoms with Gasteiger partial charge in [0.25, 0.3) is 0 Å². The second-order valence-corrected chi connectivity index (χ2v) is 9.47. The van der Waals surface area contributed by atoms with E-state index in [9.17, 15) is 10.2 Å². The SMILES string of the molecule is C[C@]12CC[C@@H](N)CC1C[C@H](O)C1C2CC[C@@]2(C)C1CC[C@@H]2O. The Morgan fingerprint density at radius 3 is 2.32 bits per heavy atom. The lowest BCUT2D eigenvalue weighted by Gasteiger charge is -2.62. The minimum absolute atomic E-state index is 0.0520. The molecule has 0 bridgehead atoms. The van der Waals surface area contributed by atoms with Crippen molar-refractivity contribution in [2.45, 2.75) is 83.5 Å². The summed E-state index contributed by atoms with van der Waals surface area (Å²) in [5, 5.41) is 21.5. The molecular formula is C19H33NO2. The van der Waals surface area contributed by atoms with E-state index in [0.29, 0.717) is 35.1 Å². The molecule has 9 atom stereocenters. The summed E-state index contributed by atoms with van der Waals surface area (Å²) >= 11 is 0. The zero-order chi connectivity index (χ0) is 15.7. The average Bonchev–Trinajstić information content (AvgIpc) is 2.77. The Morgan fingerprint density at radius 2 is 1.55 bits per heavy atom. The molecule has 3 heteroatoms. The third-order valence-corrected chi connectivity index (χ3v) is 8.67. The minimum atomic E-state index is -0.178. The Kier molecular flexibility index (Phi) is 3.46. The van der Waals surface area contributed by atoms with Crippen molar-refractivity contribution in [3.05, 3.63) is 0 Å². The van der Waals surface area contributed by atoms with Crippen LogP contribution >= 0.6 is 0 Å². The van der Waals surface area contributed by atoms with Crippen LogP contribution in [0.15, 0.2) is 0 Å². The molecule has 0 radical (unpaired) electrons. The normalized spacial score (nSPS) is 61.2. The second kappa shape index (κ2) is 4.94. The third kappa shape index (κ3) is 1.91. The third-order valence-electron chi connectivity index (χ3n) is 8.67. The van der Waals surface area contributed by atoms with Crippen LogP contribution in [0.4, 0.5) is 0 Å². The monoisotopic (exact) mass is 307 g/mol. The molecule has 0 aromatic carbocycles. The first-order valence-electron chi connectivity index (χ1n) is 9.48. The fraction of sp³-hybridized carbons (Fsp3) is 1.00. The largest absolute Gasteiger partial charge is 0.393 e. The molecule has 0 aromatic rings. The standard InChI is InChI=1S/C19H33NO2/c1-18-7-5-12(20)9-11(18)10-15(21)17-13-3-4-16(22)19(13,2)8-6-14(17)18/h11-17,21-22H,3-10,20H2,1-2H3/t11?,12-,13?,14?,15+,16+,17?,18+,19+/m1/s1. The zero-order valence-corrected chi connectivity index (χ0v) is 14.2. The summed E-state index contributed by atoms with van der Waals surface area (Å²) in [6.07, 6.45) is 8.46. The highest BCUT2D eigenvalue weighted by Gasteiger charge is 2.62. The molecule has 4 N–H and O–H groups in total. The summed E-state index contributed by atoms with van der Waals surface area (Å²) in [7, 11) is 0. The molecule has 0 heterocycles. The molecule has 0 spiro atoms. The maximum absolute atomic E-state index is 11.0. The number of aliphatic hydroxyl groups excluding tert-OH is 2. The molecule has 4 aliphatic rings. The highest BCUT2D eigenvalue weighted by Crippen LogP contribution is 2.66. The smallest absolute Gasteiger partial charge is 0.0596 e. The van der Waals surface area contributed by atoms with Gasteiger partial charge in [-0.05, 0) is 85.9 Å². The van der Waals surface area contributed by atoms with E-state index in [1.54, 1.807) is 0 Å². The van der Waals surface area contributed by atoms with Gasteiger partial charge in [0.05, 0.1) is 12.2 Å². The van der Waals surface area contributed by atoms with Crippen molar-refractivity contribution in [2.24, 2.45) is 40.2 Å². The van der Waals surface area contributed by atoms with E-state index in [2.05, 4.69) is 13.8 Å². The van der Waals surface area contributed by atoms with Crippen LogP contribution in [-0.4, -0.2) is 28.5 Å². The van der Waals surface area contributed by atoms with Gasteiger partial charge in [0.15, 0.2) is 0 Å². The van der Waals surface area contributed by atoms with Gasteiger partial charge >= 0.3 is 0 Å². The summed E-state index contributed by atoms with van der Waals surface area (Å²) < 4.78 is 0. The van der Waals surface area contributed by atoms with E-state index in [0.717, 1.165) is 38.5 Å². The van der Waals surface area contributed by atoms with Crippen LogP contribution in [0.3, 0.4) is 0 Å². The van der Waals surface area contributed by atoms with E-state index in [-0.39, 0.29) is 17.6 Å². The van der Waals surface area contributed by atoms with E-state index in [4.69, 9.17) is 5.73 Å². The van der Waals surface area contributed by atoms with Crippen LogP contribution in [0, 0.1) is 34.5 Å². The van der Waals surface area contributed by atoms with E-state index < -0.39 is 0 Å². The van der Waals surface area contributed by atoms with Crippen molar-refractivity contribution in [1.29, 1.82) is 0 Å². The average molecular weight is 307 g/mol. The molecule has 0 saturated heterocycles. The minimum Gasteiger partial charge on any atom is -0.393 e. The van der Waals surface area contributed by atoms with Gasteiger partial charge in [-0.15, -0.1) is 0 Å². The van der Waals surface area contributed by atoms with E-state index >= 15 is 0 Å². The molecule has 4 rings (SSSR count). The van der Waals surface area contributed by atoms with Gasteiger partial charge < -0.3 is 15.9 Å². The van der Waals surface area contributed by atoms with Crippen LogP contribution in [0.2, 0.25) is 0 Å². The van der Waals surface area contributed by atoms with E-state index in [1.165, 1.54) is 12.8 Å². The molecular weight excluding hydrogens is 274 g/mol. The lowest BCUT2D eigenvalue weighted by molar-refractivity contribution is -0.169. The molecule has 126 valence electrons. The Balaban J connectivity index is 1.67. The van der Waals surface area contributed by atoms with Gasteiger partial charge in [-0.2, -0.15) is 0 Å². The summed E-state index contributed by atoms with van der Waals surface area (Å²) in [6.45, 7) is 4.77. The Hall–Kier alpha value is -0.120. The number of nitrogens with two attached hydrogens (primary N) is 1. The summed E-state index contributed by atoms with van der Waals surface area (Å²) in [5.74, 6) is 2.16. The van der Waals surface area contributed by atoms with Crippen LogP contribution in [0.5, 0.6) is 0 Å². The Morgan fingerprint density at radius 1 is 0.864 bits per heavy atom. The maximum atomic E-state index is 11.0. The number of aliphatic hydroxyl groups is 2. The first-order valence-corrected chi connectivity index (χ1v) is 9.48. The number of fused-ring (bicyclic) bond motifs is 5. The fourth-order valence-electron chi connectivity index (χ4n) is 7.23. The van der Waals surface area contributed by atoms with Gasteiger partial charge in [-0.1, -0.05) is 13.8 Å². The fourth-order valence-corrected chi connectivity index (χ4v) is 7.23. The second-order valence-electron chi connectivity index (χ2n) is 9.47. The van der Waals surface area contributed by atoms with Crippen LogP contribution in [0.1, 0.15) is 65.2 Å². The predicted molar refractivity (Wildman–Crippen MR) is 87.1 cm³/mol. The number of hydrogen-bond acceptors (Lipinski definition) is 3. The van der Waals surface area contributed by atoms with Crippen LogP contribution in [-0.2, 0) is 0 Å². The lowest BCUT2D eigenvalue weighted by atomic mass is 9.44. The van der Waals surface area contributed by atoms with E-state index in [1.807, 2.05) is 0 Å². The summed E-state index contributed by atoms with van der Waals surface area (Å²) in [5.41, 5.74) is 6.65. The van der Waals surface area contributed by atoms with Gasteiger partial charge in [-0.25, -0.2) is 0 Å². The summed E-state index contributed by atoms with van der Waals surface area (Å²) in [6, 6.07) is 0.337. The van der Waals surface area contributed by atoms with Crippen molar-refractivity contribution in [3.63, 3.8) is 0 Å². The first kappa shape index (κ1) is 15.4. The van der Waals surface area contributed by atoms with Crippen molar-refractivity contribution in [2.75, 3.05) is 0 Å². The first-order chi connectivity index (χ1) is 10.4. The summed E-state index contributed by atoms with van der Waals surface area (Å²) in [4.78, 5) is 0. The molecule has 4 fully saturated rings. The molecule has 0 aliphatic heterocycles. The molecule has 0 aromatic heterocycles. The molecule has 22 heavy (non-hydrogen) atoms. The molecule has 4 unspecified atom stereocenters. The quantitative estimate of drug-likeness (QED) is 0.644. The zero-order valence-electron chi connectivity index (χ0n) is 14.2. The Labute approximate surface area is 134 Å². The van der Waals surface area contributed by atoms with Crippen LogP contribution < -0.4 is 5.73 Å². The van der Waals surface area contributed by atoms with Crippen molar-refractivity contribution < 1.29 is 10.2 Å². The van der Waals surface area contributed by atoms with Gasteiger partial charge in [-0.3, -0.25) is 0 Å². The van der Waals surface area contributed by atoms with Gasteiger partial charge in [0, 0.05) is 6.04 Å². The molecule has 4 saturated carbocycles. The highest BCUT2D eigenvalue weighted by atomic mass is 16.3. The van der Waals surface area contributed by atoms with Gasteiger partial charge in [0.1, 0.15) is 0 Å². The maximum Gasteiger partial charge on any atom is 0.0596 e.